The molecule has 2 heterocycles. The van der Waals surface area contributed by atoms with E-state index in [1.54, 1.807) is 0 Å². The summed E-state index contributed by atoms with van der Waals surface area (Å²) in [5.41, 5.74) is 2.80. The molecule has 16 heavy (non-hydrogen) atoms. The maximum absolute atomic E-state index is 5.51. The van der Waals surface area contributed by atoms with Gasteiger partial charge in [-0.2, -0.15) is 0 Å². The SMILES string of the molecule is CCc1ccc(N2CC3COCC3C2)cc1. The van der Waals surface area contributed by atoms with Crippen molar-refractivity contribution in [3.8, 4) is 0 Å². The summed E-state index contributed by atoms with van der Waals surface area (Å²) in [6.07, 6.45) is 1.12. The zero-order valence-corrected chi connectivity index (χ0v) is 9.86. The molecule has 0 saturated carbocycles. The molecular weight excluding hydrogens is 198 g/mol. The van der Waals surface area contributed by atoms with E-state index in [-0.39, 0.29) is 0 Å². The molecule has 2 heteroatoms. The van der Waals surface area contributed by atoms with Gasteiger partial charge < -0.3 is 9.64 Å². The summed E-state index contributed by atoms with van der Waals surface area (Å²) in [6.45, 7) is 6.49. The maximum Gasteiger partial charge on any atom is 0.0515 e. The molecule has 0 aromatic heterocycles. The quantitative estimate of drug-likeness (QED) is 0.754. The van der Waals surface area contributed by atoms with Gasteiger partial charge in [0.05, 0.1) is 13.2 Å². The van der Waals surface area contributed by atoms with Crippen LogP contribution in [0.2, 0.25) is 0 Å². The third-order valence-corrected chi connectivity index (χ3v) is 3.95. The fourth-order valence-electron chi connectivity index (χ4n) is 2.84. The molecule has 0 amide bonds. The van der Waals surface area contributed by atoms with Gasteiger partial charge in [0.2, 0.25) is 0 Å². The second-order valence-corrected chi connectivity index (χ2v) is 4.98. The summed E-state index contributed by atoms with van der Waals surface area (Å²) in [5, 5.41) is 0. The summed E-state index contributed by atoms with van der Waals surface area (Å²) >= 11 is 0. The highest BCUT2D eigenvalue weighted by Gasteiger charge is 2.36. The van der Waals surface area contributed by atoms with Gasteiger partial charge in [-0.15, -0.1) is 0 Å². The Labute approximate surface area is 97.2 Å². The minimum Gasteiger partial charge on any atom is -0.381 e. The van der Waals surface area contributed by atoms with Gasteiger partial charge in [-0.25, -0.2) is 0 Å². The van der Waals surface area contributed by atoms with E-state index in [4.69, 9.17) is 4.74 Å². The molecule has 3 rings (SSSR count). The van der Waals surface area contributed by atoms with Crippen molar-refractivity contribution in [2.45, 2.75) is 13.3 Å². The standard InChI is InChI=1S/C14H19NO/c1-2-11-3-5-14(6-4-11)15-7-12-9-16-10-13(12)8-15/h3-6,12-13H,2,7-10H2,1H3. The average molecular weight is 217 g/mol. The number of ether oxygens (including phenoxy) is 1. The van der Waals surface area contributed by atoms with Crippen LogP contribution in [0.25, 0.3) is 0 Å². The molecule has 2 atom stereocenters. The Morgan fingerprint density at radius 3 is 2.31 bits per heavy atom. The van der Waals surface area contributed by atoms with Gasteiger partial charge in [-0.05, 0) is 24.1 Å². The van der Waals surface area contributed by atoms with E-state index in [0.717, 1.165) is 31.5 Å². The van der Waals surface area contributed by atoms with Crippen LogP contribution in [0, 0.1) is 11.8 Å². The van der Waals surface area contributed by atoms with Crippen molar-refractivity contribution in [3.63, 3.8) is 0 Å². The topological polar surface area (TPSA) is 12.5 Å². The van der Waals surface area contributed by atoms with E-state index in [2.05, 4.69) is 36.1 Å². The van der Waals surface area contributed by atoms with Crippen molar-refractivity contribution < 1.29 is 4.74 Å². The smallest absolute Gasteiger partial charge is 0.0515 e. The molecule has 0 bridgehead atoms. The van der Waals surface area contributed by atoms with Crippen LogP contribution in [0.4, 0.5) is 5.69 Å². The van der Waals surface area contributed by atoms with E-state index >= 15 is 0 Å². The van der Waals surface area contributed by atoms with Gasteiger partial charge >= 0.3 is 0 Å². The second kappa shape index (κ2) is 4.10. The van der Waals surface area contributed by atoms with Crippen molar-refractivity contribution in [2.75, 3.05) is 31.2 Å². The van der Waals surface area contributed by atoms with E-state index in [1.807, 2.05) is 0 Å². The van der Waals surface area contributed by atoms with Gasteiger partial charge in [0.15, 0.2) is 0 Å². The van der Waals surface area contributed by atoms with Crippen molar-refractivity contribution in [2.24, 2.45) is 11.8 Å². The summed E-state index contributed by atoms with van der Waals surface area (Å²) in [5.74, 6) is 1.54. The highest BCUT2D eigenvalue weighted by Crippen LogP contribution is 2.32. The minimum absolute atomic E-state index is 0.769. The Hall–Kier alpha value is -1.02. The maximum atomic E-state index is 5.51. The average Bonchev–Trinajstić information content (AvgIpc) is 2.89. The monoisotopic (exact) mass is 217 g/mol. The molecule has 2 aliphatic rings. The van der Waals surface area contributed by atoms with Gasteiger partial charge in [-0.3, -0.25) is 0 Å². The molecular formula is C14H19NO. The number of hydrogen-bond acceptors (Lipinski definition) is 2. The fraction of sp³-hybridized carbons (Fsp3) is 0.571. The number of rotatable bonds is 2. The molecule has 0 aliphatic carbocycles. The highest BCUT2D eigenvalue weighted by molar-refractivity contribution is 5.49. The van der Waals surface area contributed by atoms with Crippen molar-refractivity contribution in [1.29, 1.82) is 0 Å². The van der Waals surface area contributed by atoms with Crippen LogP contribution in [0.1, 0.15) is 12.5 Å². The van der Waals surface area contributed by atoms with Crippen LogP contribution in [-0.2, 0) is 11.2 Å². The molecule has 0 N–H and O–H groups in total. The number of fused-ring (bicyclic) bond motifs is 1. The molecule has 2 saturated heterocycles. The second-order valence-electron chi connectivity index (χ2n) is 4.98. The van der Waals surface area contributed by atoms with Gasteiger partial charge in [-0.1, -0.05) is 19.1 Å². The zero-order valence-electron chi connectivity index (χ0n) is 9.86. The summed E-state index contributed by atoms with van der Waals surface area (Å²) in [7, 11) is 0. The first-order valence-electron chi connectivity index (χ1n) is 6.28. The Balaban J connectivity index is 1.73. The first-order valence-corrected chi connectivity index (χ1v) is 6.28. The summed E-state index contributed by atoms with van der Waals surface area (Å²) < 4.78 is 5.51. The molecule has 2 fully saturated rings. The lowest BCUT2D eigenvalue weighted by molar-refractivity contribution is 0.177. The fourth-order valence-corrected chi connectivity index (χ4v) is 2.84. The number of anilines is 1. The van der Waals surface area contributed by atoms with Crippen LogP contribution < -0.4 is 4.90 Å². The molecule has 2 unspecified atom stereocenters. The van der Waals surface area contributed by atoms with Crippen LogP contribution in [0.5, 0.6) is 0 Å². The van der Waals surface area contributed by atoms with Crippen molar-refractivity contribution >= 4 is 5.69 Å². The normalized spacial score (nSPS) is 28.4. The molecule has 1 aromatic carbocycles. The van der Waals surface area contributed by atoms with Crippen LogP contribution in [-0.4, -0.2) is 26.3 Å². The third-order valence-electron chi connectivity index (χ3n) is 3.95. The summed E-state index contributed by atoms with van der Waals surface area (Å²) in [4.78, 5) is 2.51. The Morgan fingerprint density at radius 1 is 1.12 bits per heavy atom. The van der Waals surface area contributed by atoms with Crippen LogP contribution in [0.3, 0.4) is 0 Å². The lowest BCUT2D eigenvalue weighted by Crippen LogP contribution is -2.21. The zero-order chi connectivity index (χ0) is 11.0. The van der Waals surface area contributed by atoms with Crippen LogP contribution in [0.15, 0.2) is 24.3 Å². The van der Waals surface area contributed by atoms with E-state index in [1.165, 1.54) is 24.3 Å². The first-order chi connectivity index (χ1) is 7.86. The Bertz CT molecular complexity index is 348. The Kier molecular flexibility index (Phi) is 2.60. The van der Waals surface area contributed by atoms with Gasteiger partial charge in [0.1, 0.15) is 0 Å². The Morgan fingerprint density at radius 2 is 1.75 bits per heavy atom. The number of aryl methyl sites for hydroxylation is 1. The highest BCUT2D eigenvalue weighted by atomic mass is 16.5. The van der Waals surface area contributed by atoms with Gasteiger partial charge in [0, 0.05) is 30.6 Å². The molecule has 1 aromatic rings. The van der Waals surface area contributed by atoms with E-state index in [0.29, 0.717) is 0 Å². The summed E-state index contributed by atoms with van der Waals surface area (Å²) in [6, 6.07) is 9.03. The number of hydrogen-bond donors (Lipinski definition) is 0. The van der Waals surface area contributed by atoms with Crippen molar-refractivity contribution in [3.05, 3.63) is 29.8 Å². The largest absolute Gasteiger partial charge is 0.381 e. The molecule has 2 nitrogen and oxygen atoms in total. The van der Waals surface area contributed by atoms with E-state index < -0.39 is 0 Å². The minimum atomic E-state index is 0.769. The lowest BCUT2D eigenvalue weighted by atomic mass is 10.0. The molecule has 2 aliphatic heterocycles. The predicted octanol–water partition coefficient (Wildman–Crippen LogP) is 2.33. The lowest BCUT2D eigenvalue weighted by Gasteiger charge is -2.19. The number of nitrogens with zero attached hydrogens (tertiary/aromatic N) is 1. The van der Waals surface area contributed by atoms with E-state index in [9.17, 15) is 0 Å². The van der Waals surface area contributed by atoms with Crippen molar-refractivity contribution in [1.82, 2.24) is 0 Å². The van der Waals surface area contributed by atoms with Gasteiger partial charge in [0.25, 0.3) is 0 Å². The molecule has 0 spiro atoms. The molecule has 86 valence electrons. The third kappa shape index (κ3) is 1.71. The van der Waals surface area contributed by atoms with Crippen LogP contribution >= 0.6 is 0 Å². The first kappa shape index (κ1) is 10.2. The number of benzene rings is 1. The molecule has 0 radical (unpaired) electrons. The predicted molar refractivity (Wildman–Crippen MR) is 65.8 cm³/mol.